The summed E-state index contributed by atoms with van der Waals surface area (Å²) in [6, 6.07) is 6.05. The van der Waals surface area contributed by atoms with Gasteiger partial charge in [0.05, 0.1) is 12.4 Å². The molecule has 1 aliphatic heterocycles. The number of rotatable bonds is 2. The van der Waals surface area contributed by atoms with Crippen LogP contribution < -0.4 is 10.2 Å². The second-order valence-corrected chi connectivity index (χ2v) is 5.59. The summed E-state index contributed by atoms with van der Waals surface area (Å²) in [6.07, 6.45) is 5.93. The van der Waals surface area contributed by atoms with Crippen molar-refractivity contribution >= 4 is 23.1 Å². The minimum atomic E-state index is -0.0597. The molecule has 1 N–H and O–H groups in total. The molecule has 4 rings (SSSR count). The van der Waals surface area contributed by atoms with E-state index in [9.17, 15) is 4.79 Å². The van der Waals surface area contributed by atoms with Crippen molar-refractivity contribution in [2.24, 2.45) is 0 Å². The van der Waals surface area contributed by atoms with Crippen LogP contribution in [0.25, 0.3) is 5.65 Å². The largest absolute Gasteiger partial charge is 0.350 e. The lowest BCUT2D eigenvalue weighted by Crippen LogP contribution is -2.32. The highest BCUT2D eigenvalue weighted by Gasteiger charge is 2.21. The van der Waals surface area contributed by atoms with Crippen molar-refractivity contribution in [3.63, 3.8) is 0 Å². The Morgan fingerprint density at radius 2 is 2.22 bits per heavy atom. The summed E-state index contributed by atoms with van der Waals surface area (Å²) >= 11 is 0. The van der Waals surface area contributed by atoms with Gasteiger partial charge in [-0.25, -0.2) is 4.98 Å². The molecule has 116 valence electrons. The minimum absolute atomic E-state index is 0.0597. The van der Waals surface area contributed by atoms with E-state index >= 15 is 0 Å². The van der Waals surface area contributed by atoms with E-state index in [0.29, 0.717) is 6.54 Å². The third kappa shape index (κ3) is 2.40. The Labute approximate surface area is 133 Å². The third-order valence-corrected chi connectivity index (χ3v) is 4.08. The number of fused-ring (bicyclic) bond motifs is 2. The average molecular weight is 308 g/mol. The zero-order valence-electron chi connectivity index (χ0n) is 12.7. The highest BCUT2D eigenvalue weighted by atomic mass is 16.1. The molecule has 0 aliphatic carbocycles. The molecule has 3 heterocycles. The first-order valence-corrected chi connectivity index (χ1v) is 7.49. The van der Waals surface area contributed by atoms with E-state index in [-0.39, 0.29) is 5.91 Å². The zero-order chi connectivity index (χ0) is 15.8. The van der Waals surface area contributed by atoms with Crippen LogP contribution in [0.2, 0.25) is 0 Å². The molecule has 23 heavy (non-hydrogen) atoms. The lowest BCUT2D eigenvalue weighted by Gasteiger charge is -2.31. The smallest absolute Gasteiger partial charge is 0.221 e. The number of carbonyl (C=O) groups is 1. The molecule has 7 nitrogen and oxygen atoms in total. The van der Waals surface area contributed by atoms with E-state index in [2.05, 4.69) is 31.3 Å². The summed E-state index contributed by atoms with van der Waals surface area (Å²) in [4.78, 5) is 22.1. The Bertz CT molecular complexity index is 887. The van der Waals surface area contributed by atoms with Gasteiger partial charge in [-0.3, -0.25) is 9.78 Å². The van der Waals surface area contributed by atoms with Gasteiger partial charge in [-0.2, -0.15) is 9.61 Å². The second kappa shape index (κ2) is 5.35. The highest BCUT2D eigenvalue weighted by Crippen LogP contribution is 2.29. The molecule has 2 aromatic heterocycles. The van der Waals surface area contributed by atoms with Crippen LogP contribution in [0, 0.1) is 0 Å². The lowest BCUT2D eigenvalue weighted by molar-refractivity contribution is -0.114. The van der Waals surface area contributed by atoms with Gasteiger partial charge in [0.1, 0.15) is 6.33 Å². The predicted molar refractivity (Wildman–Crippen MR) is 86.3 cm³/mol. The van der Waals surface area contributed by atoms with Gasteiger partial charge in [-0.05, 0) is 23.6 Å². The van der Waals surface area contributed by atoms with Gasteiger partial charge in [-0.15, -0.1) is 0 Å². The van der Waals surface area contributed by atoms with Gasteiger partial charge in [-0.1, -0.05) is 12.1 Å². The monoisotopic (exact) mass is 308 g/mol. The van der Waals surface area contributed by atoms with E-state index < -0.39 is 0 Å². The van der Waals surface area contributed by atoms with Crippen molar-refractivity contribution < 1.29 is 4.79 Å². The third-order valence-electron chi connectivity index (χ3n) is 4.08. The molecule has 0 atom stereocenters. The Morgan fingerprint density at radius 1 is 1.30 bits per heavy atom. The molecule has 0 fully saturated rings. The number of benzene rings is 1. The molecule has 0 radical (unpaired) electrons. The molecular weight excluding hydrogens is 292 g/mol. The van der Waals surface area contributed by atoms with Crippen LogP contribution in [0.4, 0.5) is 11.5 Å². The first kappa shape index (κ1) is 13.7. The molecule has 1 amide bonds. The second-order valence-electron chi connectivity index (χ2n) is 5.59. The highest BCUT2D eigenvalue weighted by molar-refractivity contribution is 5.89. The molecule has 0 saturated heterocycles. The molecule has 1 aromatic carbocycles. The predicted octanol–water partition coefficient (Wildman–Crippen LogP) is 1.65. The number of amides is 1. The van der Waals surface area contributed by atoms with Gasteiger partial charge < -0.3 is 10.2 Å². The molecule has 0 saturated carbocycles. The van der Waals surface area contributed by atoms with Crippen molar-refractivity contribution in [3.05, 3.63) is 48.0 Å². The molecule has 0 spiro atoms. The van der Waals surface area contributed by atoms with Gasteiger partial charge >= 0.3 is 0 Å². The summed E-state index contributed by atoms with van der Waals surface area (Å²) in [5, 5.41) is 7.20. The molecule has 0 unspecified atom stereocenters. The van der Waals surface area contributed by atoms with Crippen molar-refractivity contribution in [3.8, 4) is 0 Å². The number of nitrogens with zero attached hydrogens (tertiary/aromatic N) is 5. The minimum Gasteiger partial charge on any atom is -0.350 e. The van der Waals surface area contributed by atoms with Gasteiger partial charge in [0, 0.05) is 25.7 Å². The van der Waals surface area contributed by atoms with Crippen LogP contribution in [0.1, 0.15) is 18.1 Å². The fourth-order valence-electron chi connectivity index (χ4n) is 3.04. The Balaban J connectivity index is 1.73. The van der Waals surface area contributed by atoms with Crippen LogP contribution in [0.15, 0.2) is 36.9 Å². The maximum Gasteiger partial charge on any atom is 0.221 e. The Morgan fingerprint density at radius 3 is 3.09 bits per heavy atom. The maximum atomic E-state index is 11.4. The van der Waals surface area contributed by atoms with Crippen molar-refractivity contribution in [2.45, 2.75) is 19.9 Å². The van der Waals surface area contributed by atoms with Gasteiger partial charge in [0.2, 0.25) is 5.91 Å². The number of carbonyl (C=O) groups excluding carboxylic acids is 1. The van der Waals surface area contributed by atoms with Crippen LogP contribution in [0.5, 0.6) is 0 Å². The molecule has 0 bridgehead atoms. The van der Waals surface area contributed by atoms with E-state index in [0.717, 1.165) is 35.7 Å². The standard InChI is InChI=1S/C16H16N6O/c1-11(23)20-14-4-2-3-12-5-6-21(9-13(12)14)16-8-17-7-15-18-10-19-22(15)16/h2-4,7-8,10H,5-6,9H2,1H3,(H,20,23). The fourth-order valence-corrected chi connectivity index (χ4v) is 3.04. The Hall–Kier alpha value is -2.96. The molecule has 7 heteroatoms. The Kier molecular flexibility index (Phi) is 3.18. The average Bonchev–Trinajstić information content (AvgIpc) is 3.03. The van der Waals surface area contributed by atoms with Crippen molar-refractivity contribution in [2.75, 3.05) is 16.8 Å². The van der Waals surface area contributed by atoms with Crippen LogP contribution in [-0.4, -0.2) is 32.0 Å². The summed E-state index contributed by atoms with van der Waals surface area (Å²) in [6.45, 7) is 3.10. The molecular formula is C16H16N6O. The summed E-state index contributed by atoms with van der Waals surface area (Å²) in [5.41, 5.74) is 4.01. The number of anilines is 2. The maximum absolute atomic E-state index is 11.4. The number of hydrogen-bond acceptors (Lipinski definition) is 5. The van der Waals surface area contributed by atoms with Crippen molar-refractivity contribution in [1.82, 2.24) is 19.6 Å². The van der Waals surface area contributed by atoms with Gasteiger partial charge in [0.25, 0.3) is 0 Å². The van der Waals surface area contributed by atoms with Crippen LogP contribution >= 0.6 is 0 Å². The lowest BCUT2D eigenvalue weighted by atomic mass is 9.98. The fraction of sp³-hybridized carbons (Fsp3) is 0.250. The number of hydrogen-bond donors (Lipinski definition) is 1. The van der Waals surface area contributed by atoms with Crippen LogP contribution in [0.3, 0.4) is 0 Å². The SMILES string of the molecule is CC(=O)Nc1cccc2c1CN(c1cncc3ncnn13)CC2. The van der Waals surface area contributed by atoms with Crippen LogP contribution in [-0.2, 0) is 17.8 Å². The summed E-state index contributed by atoms with van der Waals surface area (Å²) in [7, 11) is 0. The summed E-state index contributed by atoms with van der Waals surface area (Å²) in [5.74, 6) is 0.846. The van der Waals surface area contributed by atoms with E-state index in [1.54, 1.807) is 16.9 Å². The molecule has 3 aromatic rings. The normalized spacial score (nSPS) is 13.9. The number of aromatic nitrogens is 4. The first-order chi connectivity index (χ1) is 11.2. The quantitative estimate of drug-likeness (QED) is 0.779. The van der Waals surface area contributed by atoms with E-state index in [4.69, 9.17) is 0 Å². The molecule has 1 aliphatic rings. The first-order valence-electron chi connectivity index (χ1n) is 7.49. The zero-order valence-corrected chi connectivity index (χ0v) is 12.7. The topological polar surface area (TPSA) is 75.4 Å². The number of nitrogens with one attached hydrogen (secondary N) is 1. The summed E-state index contributed by atoms with van der Waals surface area (Å²) < 4.78 is 1.79. The van der Waals surface area contributed by atoms with E-state index in [1.807, 2.05) is 12.1 Å². The van der Waals surface area contributed by atoms with Crippen molar-refractivity contribution in [1.29, 1.82) is 0 Å². The van der Waals surface area contributed by atoms with E-state index in [1.165, 1.54) is 18.8 Å². The van der Waals surface area contributed by atoms with Gasteiger partial charge in [0.15, 0.2) is 11.5 Å².